The Bertz CT molecular complexity index is 925. The van der Waals surface area contributed by atoms with Crippen molar-refractivity contribution in [2.75, 3.05) is 71.1 Å². The van der Waals surface area contributed by atoms with Crippen LogP contribution in [0, 0.1) is 0 Å². The van der Waals surface area contributed by atoms with Crippen molar-refractivity contribution in [3.63, 3.8) is 0 Å². The van der Waals surface area contributed by atoms with Crippen molar-refractivity contribution in [2.24, 2.45) is 0 Å². The third kappa shape index (κ3) is 5.11. The Morgan fingerprint density at radius 3 is 2.44 bits per heavy atom. The molecule has 2 amide bonds. The molecular weight excluding hydrogens is 412 g/mol. The zero-order chi connectivity index (χ0) is 22.3. The Kier molecular flexibility index (Phi) is 7.06. The molecule has 170 valence electrons. The van der Waals surface area contributed by atoms with E-state index in [0.29, 0.717) is 56.5 Å². The number of carbonyl (C=O) groups is 2. The van der Waals surface area contributed by atoms with E-state index in [2.05, 4.69) is 9.88 Å². The van der Waals surface area contributed by atoms with Crippen LogP contribution in [0.4, 0.5) is 5.82 Å². The van der Waals surface area contributed by atoms with Crippen LogP contribution in [0.1, 0.15) is 10.4 Å². The van der Waals surface area contributed by atoms with Crippen LogP contribution < -0.4 is 14.4 Å². The zero-order valence-corrected chi connectivity index (χ0v) is 18.2. The molecule has 2 aromatic rings. The summed E-state index contributed by atoms with van der Waals surface area (Å²) in [7, 11) is 1.52. The van der Waals surface area contributed by atoms with Crippen LogP contribution in [0.3, 0.4) is 0 Å². The van der Waals surface area contributed by atoms with Crippen molar-refractivity contribution in [2.45, 2.75) is 0 Å². The first-order chi connectivity index (χ1) is 15.7. The van der Waals surface area contributed by atoms with Crippen LogP contribution in [0.5, 0.6) is 11.5 Å². The molecule has 0 radical (unpaired) electrons. The number of anilines is 1. The van der Waals surface area contributed by atoms with Gasteiger partial charge < -0.3 is 28.9 Å². The highest BCUT2D eigenvalue weighted by molar-refractivity contribution is 5.95. The third-order valence-electron chi connectivity index (χ3n) is 5.67. The molecule has 0 saturated carbocycles. The molecular formula is C23H28N4O5. The average molecular weight is 441 g/mol. The Hall–Kier alpha value is -3.33. The summed E-state index contributed by atoms with van der Waals surface area (Å²) in [6.07, 6.45) is 1.78. The van der Waals surface area contributed by atoms with E-state index < -0.39 is 0 Å². The number of hydrogen-bond donors (Lipinski definition) is 0. The van der Waals surface area contributed by atoms with Gasteiger partial charge in [-0.05, 0) is 30.3 Å². The number of piperazine rings is 1. The van der Waals surface area contributed by atoms with Gasteiger partial charge in [-0.3, -0.25) is 9.59 Å². The predicted octanol–water partition coefficient (Wildman–Crippen LogP) is 1.29. The standard InChI is InChI=1S/C23H28N4O5/c1-30-20-16-18(5-6-19(20)32-17-22(28)26-12-14-31-15-13-26)23(29)27-10-8-25(9-11-27)21-4-2-3-7-24-21/h2-7,16H,8-15,17H2,1H3. The number of morpholine rings is 1. The maximum absolute atomic E-state index is 13.0. The molecule has 1 aromatic heterocycles. The quantitative estimate of drug-likeness (QED) is 0.669. The van der Waals surface area contributed by atoms with Crippen molar-refractivity contribution < 1.29 is 23.8 Å². The second kappa shape index (κ2) is 10.3. The number of pyridine rings is 1. The van der Waals surface area contributed by atoms with Gasteiger partial charge in [-0.15, -0.1) is 0 Å². The van der Waals surface area contributed by atoms with Gasteiger partial charge in [0.1, 0.15) is 5.82 Å². The first-order valence-corrected chi connectivity index (χ1v) is 10.8. The third-order valence-corrected chi connectivity index (χ3v) is 5.67. The SMILES string of the molecule is COc1cc(C(=O)N2CCN(c3ccccn3)CC2)ccc1OCC(=O)N1CCOCC1. The molecule has 4 rings (SSSR count). The summed E-state index contributed by atoms with van der Waals surface area (Å²) in [5, 5.41) is 0. The number of nitrogens with zero attached hydrogens (tertiary/aromatic N) is 4. The number of aromatic nitrogens is 1. The van der Waals surface area contributed by atoms with Crippen molar-refractivity contribution in [1.29, 1.82) is 0 Å². The molecule has 32 heavy (non-hydrogen) atoms. The molecule has 0 atom stereocenters. The normalized spacial score (nSPS) is 16.6. The fourth-order valence-corrected chi connectivity index (χ4v) is 3.83. The summed E-state index contributed by atoms with van der Waals surface area (Å²) in [6.45, 7) is 4.83. The lowest BCUT2D eigenvalue weighted by Crippen LogP contribution is -2.49. The van der Waals surface area contributed by atoms with E-state index in [0.717, 1.165) is 18.9 Å². The smallest absolute Gasteiger partial charge is 0.260 e. The van der Waals surface area contributed by atoms with Gasteiger partial charge in [0.15, 0.2) is 18.1 Å². The Labute approximate surface area is 187 Å². The molecule has 2 aliphatic rings. The number of benzene rings is 1. The van der Waals surface area contributed by atoms with Crippen molar-refractivity contribution >= 4 is 17.6 Å². The molecule has 2 saturated heterocycles. The molecule has 0 spiro atoms. The van der Waals surface area contributed by atoms with Crippen LogP contribution in [0.2, 0.25) is 0 Å². The first-order valence-electron chi connectivity index (χ1n) is 10.8. The van der Waals surface area contributed by atoms with E-state index in [1.165, 1.54) is 7.11 Å². The number of methoxy groups -OCH3 is 1. The van der Waals surface area contributed by atoms with Crippen molar-refractivity contribution in [3.8, 4) is 11.5 Å². The van der Waals surface area contributed by atoms with Gasteiger partial charge in [0, 0.05) is 51.0 Å². The summed E-state index contributed by atoms with van der Waals surface area (Å²) in [5.41, 5.74) is 0.528. The lowest BCUT2D eigenvalue weighted by Gasteiger charge is -2.35. The van der Waals surface area contributed by atoms with Gasteiger partial charge in [-0.2, -0.15) is 0 Å². The maximum atomic E-state index is 13.0. The molecule has 9 nitrogen and oxygen atoms in total. The Morgan fingerprint density at radius 2 is 1.75 bits per heavy atom. The van der Waals surface area contributed by atoms with Crippen LogP contribution in [0.15, 0.2) is 42.6 Å². The van der Waals surface area contributed by atoms with Gasteiger partial charge >= 0.3 is 0 Å². The second-order valence-electron chi connectivity index (χ2n) is 7.61. The summed E-state index contributed by atoms with van der Waals surface area (Å²) in [6, 6.07) is 10.9. The molecule has 1 aromatic carbocycles. The van der Waals surface area contributed by atoms with Gasteiger partial charge in [0.2, 0.25) is 0 Å². The number of ether oxygens (including phenoxy) is 3. The van der Waals surface area contributed by atoms with E-state index in [9.17, 15) is 9.59 Å². The maximum Gasteiger partial charge on any atom is 0.260 e. The van der Waals surface area contributed by atoms with E-state index in [1.54, 1.807) is 29.3 Å². The molecule has 0 unspecified atom stereocenters. The highest BCUT2D eigenvalue weighted by atomic mass is 16.5. The van der Waals surface area contributed by atoms with Crippen LogP contribution >= 0.6 is 0 Å². The predicted molar refractivity (Wildman–Crippen MR) is 118 cm³/mol. The van der Waals surface area contributed by atoms with E-state index in [4.69, 9.17) is 14.2 Å². The Balaban J connectivity index is 1.34. The molecule has 0 N–H and O–H groups in total. The molecule has 0 bridgehead atoms. The van der Waals surface area contributed by atoms with Crippen molar-refractivity contribution in [1.82, 2.24) is 14.8 Å². The summed E-state index contributed by atoms with van der Waals surface area (Å²) < 4.78 is 16.4. The number of amides is 2. The van der Waals surface area contributed by atoms with Crippen LogP contribution in [0.25, 0.3) is 0 Å². The summed E-state index contributed by atoms with van der Waals surface area (Å²) in [5.74, 6) is 1.64. The summed E-state index contributed by atoms with van der Waals surface area (Å²) in [4.78, 5) is 35.4. The number of hydrogen-bond acceptors (Lipinski definition) is 7. The monoisotopic (exact) mass is 440 g/mol. The van der Waals surface area contributed by atoms with E-state index in [1.807, 2.05) is 23.1 Å². The van der Waals surface area contributed by atoms with Crippen LogP contribution in [-0.4, -0.2) is 92.8 Å². The van der Waals surface area contributed by atoms with Crippen LogP contribution in [-0.2, 0) is 9.53 Å². The van der Waals surface area contributed by atoms with Gasteiger partial charge in [0.05, 0.1) is 20.3 Å². The van der Waals surface area contributed by atoms with Gasteiger partial charge in [-0.1, -0.05) is 6.07 Å². The topological polar surface area (TPSA) is 84.4 Å². The van der Waals surface area contributed by atoms with Gasteiger partial charge in [-0.25, -0.2) is 4.98 Å². The average Bonchev–Trinajstić information content (AvgIpc) is 2.88. The Morgan fingerprint density at radius 1 is 0.969 bits per heavy atom. The van der Waals surface area contributed by atoms with Gasteiger partial charge in [0.25, 0.3) is 11.8 Å². The van der Waals surface area contributed by atoms with E-state index in [-0.39, 0.29) is 18.4 Å². The molecule has 0 aliphatic carbocycles. The molecule has 3 heterocycles. The minimum Gasteiger partial charge on any atom is -0.493 e. The van der Waals surface area contributed by atoms with Crippen molar-refractivity contribution in [3.05, 3.63) is 48.2 Å². The largest absolute Gasteiger partial charge is 0.493 e. The van der Waals surface area contributed by atoms with E-state index >= 15 is 0 Å². The molecule has 2 fully saturated rings. The number of rotatable bonds is 6. The highest BCUT2D eigenvalue weighted by Gasteiger charge is 2.24. The summed E-state index contributed by atoms with van der Waals surface area (Å²) >= 11 is 0. The lowest BCUT2D eigenvalue weighted by atomic mass is 10.1. The fraction of sp³-hybridized carbons (Fsp3) is 0.435. The second-order valence-corrected chi connectivity index (χ2v) is 7.61. The highest BCUT2D eigenvalue weighted by Crippen LogP contribution is 2.29. The first kappa shape index (κ1) is 21.9. The molecule has 9 heteroatoms. The minimum absolute atomic E-state index is 0.0556. The lowest BCUT2D eigenvalue weighted by molar-refractivity contribution is -0.137. The zero-order valence-electron chi connectivity index (χ0n) is 18.2. The minimum atomic E-state index is -0.0960. The molecule has 2 aliphatic heterocycles. The fourth-order valence-electron chi connectivity index (χ4n) is 3.83. The number of carbonyl (C=O) groups excluding carboxylic acids is 2.